The minimum absolute atomic E-state index is 0.129. The van der Waals surface area contributed by atoms with E-state index in [1.807, 2.05) is 6.07 Å². The normalized spacial score (nSPS) is 17.0. The Hall–Kier alpha value is -3.00. The van der Waals surface area contributed by atoms with E-state index in [-0.39, 0.29) is 30.7 Å². The molecular formula is C19H21N5O3. The third kappa shape index (κ3) is 2.91. The van der Waals surface area contributed by atoms with Crippen LogP contribution in [0.5, 0.6) is 0 Å². The van der Waals surface area contributed by atoms with Crippen LogP contribution >= 0.6 is 0 Å². The molecule has 0 spiro atoms. The average Bonchev–Trinajstić information content (AvgIpc) is 3.32. The molecule has 1 N–H and O–H groups in total. The zero-order chi connectivity index (χ0) is 19.0. The van der Waals surface area contributed by atoms with Crippen molar-refractivity contribution in [2.24, 2.45) is 7.05 Å². The molecule has 4 rings (SSSR count). The molecule has 140 valence electrons. The number of hydrogen-bond acceptors (Lipinski definition) is 5. The van der Waals surface area contributed by atoms with Crippen molar-refractivity contribution in [2.75, 3.05) is 13.2 Å². The molecule has 1 fully saturated rings. The zero-order valence-corrected chi connectivity index (χ0v) is 15.1. The van der Waals surface area contributed by atoms with Crippen molar-refractivity contribution in [1.29, 1.82) is 0 Å². The number of amides is 1. The van der Waals surface area contributed by atoms with Crippen molar-refractivity contribution < 1.29 is 9.90 Å². The monoisotopic (exact) mass is 367 g/mol. The maximum atomic E-state index is 13.0. The van der Waals surface area contributed by atoms with Gasteiger partial charge in [-0.2, -0.15) is 5.10 Å². The van der Waals surface area contributed by atoms with Crippen molar-refractivity contribution >= 4 is 16.8 Å². The number of aromatic nitrogens is 4. The molecule has 1 atom stereocenters. The Kier molecular flexibility index (Phi) is 4.49. The number of aliphatic hydroxyl groups excluding tert-OH is 1. The summed E-state index contributed by atoms with van der Waals surface area (Å²) < 4.78 is 3.05. The van der Waals surface area contributed by atoms with E-state index >= 15 is 0 Å². The number of aryl methyl sites for hydroxylation is 1. The third-order valence-corrected chi connectivity index (χ3v) is 5.07. The van der Waals surface area contributed by atoms with Crippen LogP contribution in [0.1, 0.15) is 35.2 Å². The van der Waals surface area contributed by atoms with E-state index in [0.29, 0.717) is 29.0 Å². The molecule has 0 aliphatic carbocycles. The molecule has 1 saturated heterocycles. The molecule has 3 aromatic rings. The van der Waals surface area contributed by atoms with Crippen LogP contribution in [0.4, 0.5) is 0 Å². The number of para-hydroxylation sites is 1. The summed E-state index contributed by atoms with van der Waals surface area (Å²) >= 11 is 0. The summed E-state index contributed by atoms with van der Waals surface area (Å²) in [4.78, 5) is 32.4. The second-order valence-electron chi connectivity index (χ2n) is 6.66. The fourth-order valence-corrected chi connectivity index (χ4v) is 3.76. The number of likely N-dealkylation sites (tertiary alicyclic amines) is 1. The van der Waals surface area contributed by atoms with E-state index in [9.17, 15) is 14.7 Å². The number of hydrogen-bond donors (Lipinski definition) is 1. The first kappa shape index (κ1) is 17.4. The maximum Gasteiger partial charge on any atom is 0.272 e. The largest absolute Gasteiger partial charge is 0.395 e. The molecule has 1 unspecified atom stereocenters. The Morgan fingerprint density at radius 1 is 1.30 bits per heavy atom. The molecule has 2 aromatic heterocycles. The molecule has 1 aliphatic rings. The molecular weight excluding hydrogens is 346 g/mol. The van der Waals surface area contributed by atoms with Gasteiger partial charge in [0, 0.05) is 19.8 Å². The Balaban J connectivity index is 1.82. The van der Waals surface area contributed by atoms with E-state index in [2.05, 4.69) is 5.10 Å². The van der Waals surface area contributed by atoms with E-state index < -0.39 is 0 Å². The fraction of sp³-hybridized carbons (Fsp3) is 0.368. The van der Waals surface area contributed by atoms with Crippen molar-refractivity contribution in [2.45, 2.75) is 25.4 Å². The van der Waals surface area contributed by atoms with Gasteiger partial charge in [-0.05, 0) is 31.0 Å². The summed E-state index contributed by atoms with van der Waals surface area (Å²) in [6.45, 7) is 0.571. The predicted octanol–water partition coefficient (Wildman–Crippen LogP) is 1.10. The lowest BCUT2D eigenvalue weighted by Gasteiger charge is -2.26. The fourth-order valence-electron chi connectivity index (χ4n) is 3.76. The Morgan fingerprint density at radius 2 is 2.11 bits per heavy atom. The number of nitrogens with zero attached hydrogens (tertiary/aromatic N) is 5. The molecule has 1 amide bonds. The van der Waals surface area contributed by atoms with Crippen molar-refractivity contribution in [3.63, 3.8) is 0 Å². The molecule has 0 radical (unpaired) electrons. The first-order valence-electron chi connectivity index (χ1n) is 9.01. The van der Waals surface area contributed by atoms with Gasteiger partial charge in [0.2, 0.25) is 0 Å². The molecule has 8 heteroatoms. The van der Waals surface area contributed by atoms with E-state index in [4.69, 9.17) is 4.98 Å². The highest BCUT2D eigenvalue weighted by molar-refractivity contribution is 5.93. The lowest BCUT2D eigenvalue weighted by molar-refractivity contribution is 0.0714. The SMILES string of the molecule is Cn1nccc1C(=O)N1CCCC1c1nc2ccccc2c(=O)n1CCO. The quantitative estimate of drug-likeness (QED) is 0.745. The number of benzene rings is 1. The summed E-state index contributed by atoms with van der Waals surface area (Å²) in [5, 5.41) is 14.1. The van der Waals surface area contributed by atoms with E-state index in [1.165, 1.54) is 4.57 Å². The van der Waals surface area contributed by atoms with Crippen molar-refractivity contribution in [3.8, 4) is 0 Å². The second kappa shape index (κ2) is 6.96. The zero-order valence-electron chi connectivity index (χ0n) is 15.1. The second-order valence-corrected chi connectivity index (χ2v) is 6.66. The van der Waals surface area contributed by atoms with Gasteiger partial charge < -0.3 is 10.0 Å². The van der Waals surface area contributed by atoms with Gasteiger partial charge in [0.25, 0.3) is 11.5 Å². The molecule has 0 saturated carbocycles. The minimum Gasteiger partial charge on any atom is -0.395 e. The van der Waals surface area contributed by atoms with Crippen molar-refractivity contribution in [1.82, 2.24) is 24.2 Å². The van der Waals surface area contributed by atoms with Crippen LogP contribution in [0.15, 0.2) is 41.3 Å². The van der Waals surface area contributed by atoms with E-state index in [0.717, 1.165) is 12.8 Å². The minimum atomic E-state index is -0.309. The molecule has 27 heavy (non-hydrogen) atoms. The first-order chi connectivity index (χ1) is 13.1. The number of aliphatic hydroxyl groups is 1. The van der Waals surface area contributed by atoms with Gasteiger partial charge in [-0.25, -0.2) is 4.98 Å². The van der Waals surface area contributed by atoms with Crippen LogP contribution in [-0.4, -0.2) is 48.4 Å². The van der Waals surface area contributed by atoms with Crippen LogP contribution in [0.25, 0.3) is 10.9 Å². The van der Waals surface area contributed by atoms with Gasteiger partial charge in [0.05, 0.1) is 30.1 Å². The van der Waals surface area contributed by atoms with Crippen molar-refractivity contribution in [3.05, 3.63) is 58.4 Å². The van der Waals surface area contributed by atoms with Gasteiger partial charge in [-0.3, -0.25) is 18.8 Å². The number of rotatable bonds is 4. The van der Waals surface area contributed by atoms with Crippen LogP contribution in [0, 0.1) is 0 Å². The van der Waals surface area contributed by atoms with Crippen LogP contribution in [0.3, 0.4) is 0 Å². The number of carbonyl (C=O) groups is 1. The molecule has 3 heterocycles. The number of carbonyl (C=O) groups excluding carboxylic acids is 1. The molecule has 1 aliphatic heterocycles. The third-order valence-electron chi connectivity index (χ3n) is 5.07. The topological polar surface area (TPSA) is 93.3 Å². The van der Waals surface area contributed by atoms with Gasteiger partial charge in [-0.1, -0.05) is 12.1 Å². The lowest BCUT2D eigenvalue weighted by atomic mass is 10.1. The summed E-state index contributed by atoms with van der Waals surface area (Å²) in [5.41, 5.74) is 0.912. The highest BCUT2D eigenvalue weighted by Crippen LogP contribution is 2.32. The standard InChI is InChI=1S/C19H21N5O3/c1-22-16(8-9-20-22)19(27)23-10-4-7-15(23)17-21-14-6-3-2-5-13(14)18(26)24(17)11-12-25/h2-3,5-6,8-9,15,25H,4,7,10-12H2,1H3. The summed E-state index contributed by atoms with van der Waals surface area (Å²) in [7, 11) is 1.73. The average molecular weight is 367 g/mol. The highest BCUT2D eigenvalue weighted by atomic mass is 16.3. The van der Waals surface area contributed by atoms with Gasteiger partial charge in [-0.15, -0.1) is 0 Å². The van der Waals surface area contributed by atoms with Crippen LogP contribution < -0.4 is 5.56 Å². The first-order valence-corrected chi connectivity index (χ1v) is 9.01. The summed E-state index contributed by atoms with van der Waals surface area (Å²) in [6.07, 6.45) is 3.14. The number of fused-ring (bicyclic) bond motifs is 1. The molecule has 1 aromatic carbocycles. The molecule has 0 bridgehead atoms. The maximum absolute atomic E-state index is 13.0. The van der Waals surface area contributed by atoms with Gasteiger partial charge >= 0.3 is 0 Å². The summed E-state index contributed by atoms with van der Waals surface area (Å²) in [6, 6.07) is 8.54. The van der Waals surface area contributed by atoms with Crippen LogP contribution in [0.2, 0.25) is 0 Å². The smallest absolute Gasteiger partial charge is 0.272 e. The predicted molar refractivity (Wildman–Crippen MR) is 99.3 cm³/mol. The van der Waals surface area contributed by atoms with Gasteiger partial charge in [0.15, 0.2) is 0 Å². The highest BCUT2D eigenvalue weighted by Gasteiger charge is 2.34. The Labute approximate surface area is 155 Å². The Morgan fingerprint density at radius 3 is 2.85 bits per heavy atom. The molecule has 8 nitrogen and oxygen atoms in total. The van der Waals surface area contributed by atoms with Gasteiger partial charge in [0.1, 0.15) is 11.5 Å². The summed E-state index contributed by atoms with van der Waals surface area (Å²) in [5.74, 6) is 0.399. The van der Waals surface area contributed by atoms with Crippen LogP contribution in [-0.2, 0) is 13.6 Å². The lowest BCUT2D eigenvalue weighted by Crippen LogP contribution is -2.36. The Bertz CT molecular complexity index is 1050. The van der Waals surface area contributed by atoms with E-state index in [1.54, 1.807) is 47.1 Å².